The molecule has 1 rings (SSSR count). The molecule has 0 bridgehead atoms. The quantitative estimate of drug-likeness (QED) is 0.755. The molecule has 98 valence electrons. The van der Waals surface area contributed by atoms with Gasteiger partial charge in [-0.2, -0.15) is 0 Å². The predicted molar refractivity (Wildman–Crippen MR) is 64.6 cm³/mol. The maximum atomic E-state index is 11.6. The molecule has 1 unspecified atom stereocenters. The van der Waals surface area contributed by atoms with E-state index in [4.69, 9.17) is 5.11 Å². The number of likely N-dealkylation sites (tertiary alicyclic amines) is 1. The van der Waals surface area contributed by atoms with Crippen LogP contribution in [0.2, 0.25) is 0 Å². The molecule has 17 heavy (non-hydrogen) atoms. The Balaban J connectivity index is 2.26. The fraction of sp³-hybridized carbons (Fsp3) is 0.833. The molecular weight excluding hydrogens is 220 g/mol. The van der Waals surface area contributed by atoms with E-state index < -0.39 is 5.97 Å². The van der Waals surface area contributed by atoms with Crippen molar-refractivity contribution in [3.63, 3.8) is 0 Å². The van der Waals surface area contributed by atoms with E-state index in [1.165, 1.54) is 0 Å². The maximum Gasteiger partial charge on any atom is 0.306 e. The highest BCUT2D eigenvalue weighted by Gasteiger charge is 2.35. The molecule has 1 atom stereocenters. The minimum Gasteiger partial charge on any atom is -0.481 e. The highest BCUT2D eigenvalue weighted by molar-refractivity contribution is 5.79. The standard InChI is InChI=1S/C12H22N2O3/c1-8(11(16)17)9-5-14(6-9)7-10(15)13-12(2,3)4/h8-9H,5-7H2,1-4H3,(H,13,15)(H,16,17). The van der Waals surface area contributed by atoms with Crippen LogP contribution in [-0.2, 0) is 9.59 Å². The SMILES string of the molecule is CC(C(=O)O)C1CN(CC(=O)NC(C)(C)C)C1. The molecule has 0 saturated carbocycles. The zero-order valence-electron chi connectivity index (χ0n) is 11.0. The van der Waals surface area contributed by atoms with Crippen LogP contribution >= 0.6 is 0 Å². The second-order valence-electron chi connectivity index (χ2n) is 5.88. The minimum absolute atomic E-state index is 0.000993. The predicted octanol–water partition coefficient (Wildman–Crippen LogP) is 0.554. The molecule has 5 heteroatoms. The number of carbonyl (C=O) groups is 2. The van der Waals surface area contributed by atoms with Gasteiger partial charge in [0.25, 0.3) is 0 Å². The van der Waals surface area contributed by atoms with E-state index in [2.05, 4.69) is 5.32 Å². The summed E-state index contributed by atoms with van der Waals surface area (Å²) in [5.41, 5.74) is -0.213. The maximum absolute atomic E-state index is 11.6. The van der Waals surface area contributed by atoms with Gasteiger partial charge in [0.05, 0.1) is 12.5 Å². The van der Waals surface area contributed by atoms with Crippen molar-refractivity contribution in [1.29, 1.82) is 0 Å². The summed E-state index contributed by atoms with van der Waals surface area (Å²) in [6, 6.07) is 0. The zero-order valence-corrected chi connectivity index (χ0v) is 11.0. The molecule has 1 aliphatic rings. The Bertz CT molecular complexity index is 303. The average molecular weight is 242 g/mol. The summed E-state index contributed by atoms with van der Waals surface area (Å²) >= 11 is 0. The number of hydrogen-bond donors (Lipinski definition) is 2. The van der Waals surface area contributed by atoms with Gasteiger partial charge >= 0.3 is 5.97 Å². The number of hydrogen-bond acceptors (Lipinski definition) is 3. The number of carbonyl (C=O) groups excluding carboxylic acids is 1. The lowest BCUT2D eigenvalue weighted by atomic mass is 9.87. The van der Waals surface area contributed by atoms with Gasteiger partial charge in [0.2, 0.25) is 5.91 Å². The lowest BCUT2D eigenvalue weighted by molar-refractivity contribution is -0.145. The third kappa shape index (κ3) is 4.34. The lowest BCUT2D eigenvalue weighted by Crippen LogP contribution is -2.55. The molecule has 1 aliphatic heterocycles. The van der Waals surface area contributed by atoms with Gasteiger partial charge in [-0.1, -0.05) is 6.92 Å². The Hall–Kier alpha value is -1.10. The molecule has 1 heterocycles. The molecule has 0 aromatic heterocycles. The van der Waals surface area contributed by atoms with Crippen LogP contribution in [-0.4, -0.2) is 47.1 Å². The van der Waals surface area contributed by atoms with Crippen molar-refractivity contribution in [3.8, 4) is 0 Å². The van der Waals surface area contributed by atoms with Crippen LogP contribution < -0.4 is 5.32 Å². The van der Waals surface area contributed by atoms with E-state index in [0.717, 1.165) is 0 Å². The second kappa shape index (κ2) is 5.04. The lowest BCUT2D eigenvalue weighted by Gasteiger charge is -2.41. The number of rotatable bonds is 4. The van der Waals surface area contributed by atoms with Crippen molar-refractivity contribution in [2.45, 2.75) is 33.2 Å². The second-order valence-corrected chi connectivity index (χ2v) is 5.88. The van der Waals surface area contributed by atoms with E-state index in [1.54, 1.807) is 6.92 Å². The number of amides is 1. The summed E-state index contributed by atoms with van der Waals surface area (Å²) in [6.45, 7) is 9.30. The molecule has 1 amide bonds. The van der Waals surface area contributed by atoms with Crippen LogP contribution in [0.25, 0.3) is 0 Å². The van der Waals surface area contributed by atoms with E-state index in [9.17, 15) is 9.59 Å². The van der Waals surface area contributed by atoms with Gasteiger partial charge in [0, 0.05) is 18.6 Å². The molecule has 0 aliphatic carbocycles. The van der Waals surface area contributed by atoms with E-state index in [-0.39, 0.29) is 23.3 Å². The Morgan fingerprint density at radius 2 is 1.94 bits per heavy atom. The van der Waals surface area contributed by atoms with E-state index in [0.29, 0.717) is 19.6 Å². The Morgan fingerprint density at radius 1 is 1.41 bits per heavy atom. The normalized spacial score (nSPS) is 19.5. The van der Waals surface area contributed by atoms with Gasteiger partial charge in [0.15, 0.2) is 0 Å². The highest BCUT2D eigenvalue weighted by atomic mass is 16.4. The van der Waals surface area contributed by atoms with Gasteiger partial charge in [0.1, 0.15) is 0 Å². The third-order valence-corrected chi connectivity index (χ3v) is 2.96. The zero-order chi connectivity index (χ0) is 13.2. The van der Waals surface area contributed by atoms with Crippen molar-refractivity contribution < 1.29 is 14.7 Å². The molecule has 2 N–H and O–H groups in total. The summed E-state index contributed by atoms with van der Waals surface area (Å²) in [5, 5.41) is 11.7. The van der Waals surface area contributed by atoms with Crippen LogP contribution in [0.15, 0.2) is 0 Å². The molecule has 1 saturated heterocycles. The van der Waals surface area contributed by atoms with Crippen LogP contribution in [0.1, 0.15) is 27.7 Å². The first-order valence-electron chi connectivity index (χ1n) is 5.95. The first-order chi connectivity index (χ1) is 7.69. The summed E-state index contributed by atoms with van der Waals surface area (Å²) in [6.07, 6.45) is 0. The van der Waals surface area contributed by atoms with Gasteiger partial charge in [-0.3, -0.25) is 14.5 Å². The van der Waals surface area contributed by atoms with Gasteiger partial charge in [-0.05, 0) is 26.7 Å². The van der Waals surface area contributed by atoms with E-state index >= 15 is 0 Å². The van der Waals surface area contributed by atoms with Crippen LogP contribution in [0.4, 0.5) is 0 Å². The fourth-order valence-corrected chi connectivity index (χ4v) is 1.92. The minimum atomic E-state index is -0.756. The Kier molecular flexibility index (Phi) is 4.14. The topological polar surface area (TPSA) is 69.6 Å². The molecule has 5 nitrogen and oxygen atoms in total. The first-order valence-corrected chi connectivity index (χ1v) is 5.95. The number of nitrogens with zero attached hydrogens (tertiary/aromatic N) is 1. The number of aliphatic carboxylic acids is 1. The molecule has 0 radical (unpaired) electrons. The molecular formula is C12H22N2O3. The molecule has 0 aromatic rings. The summed E-state index contributed by atoms with van der Waals surface area (Å²) in [7, 11) is 0. The van der Waals surface area contributed by atoms with Crippen molar-refractivity contribution in [2.75, 3.05) is 19.6 Å². The highest BCUT2D eigenvalue weighted by Crippen LogP contribution is 2.23. The monoisotopic (exact) mass is 242 g/mol. The number of nitrogens with one attached hydrogen (secondary N) is 1. The number of carboxylic acids is 1. The third-order valence-electron chi connectivity index (χ3n) is 2.96. The largest absolute Gasteiger partial charge is 0.481 e. The smallest absolute Gasteiger partial charge is 0.306 e. The molecule has 0 aromatic carbocycles. The average Bonchev–Trinajstić information content (AvgIpc) is 2.06. The summed E-state index contributed by atoms with van der Waals surface area (Å²) in [5.74, 6) is -0.903. The first kappa shape index (κ1) is 14.0. The molecule has 1 fully saturated rings. The number of carboxylic acid groups (broad SMARTS) is 1. The van der Waals surface area contributed by atoms with Crippen molar-refractivity contribution in [2.24, 2.45) is 11.8 Å². The van der Waals surface area contributed by atoms with Gasteiger partial charge in [-0.25, -0.2) is 0 Å². The van der Waals surface area contributed by atoms with Crippen molar-refractivity contribution in [3.05, 3.63) is 0 Å². The summed E-state index contributed by atoms with van der Waals surface area (Å²) in [4.78, 5) is 24.3. The molecule has 0 spiro atoms. The van der Waals surface area contributed by atoms with E-state index in [1.807, 2.05) is 25.7 Å². The fourth-order valence-electron chi connectivity index (χ4n) is 1.92. The van der Waals surface area contributed by atoms with Gasteiger partial charge in [-0.15, -0.1) is 0 Å². The van der Waals surface area contributed by atoms with Crippen molar-refractivity contribution in [1.82, 2.24) is 10.2 Å². The Labute approximate surface area is 102 Å². The summed E-state index contributed by atoms with van der Waals surface area (Å²) < 4.78 is 0. The Morgan fingerprint density at radius 3 is 2.35 bits per heavy atom. The van der Waals surface area contributed by atoms with Crippen LogP contribution in [0.5, 0.6) is 0 Å². The van der Waals surface area contributed by atoms with Crippen LogP contribution in [0, 0.1) is 11.8 Å². The van der Waals surface area contributed by atoms with Crippen LogP contribution in [0.3, 0.4) is 0 Å². The van der Waals surface area contributed by atoms with Crippen molar-refractivity contribution >= 4 is 11.9 Å². The van der Waals surface area contributed by atoms with Gasteiger partial charge < -0.3 is 10.4 Å².